The van der Waals surface area contributed by atoms with Crippen LogP contribution in [-0.2, 0) is 5.41 Å². The average Bonchev–Trinajstić information content (AvgIpc) is 3.67. The van der Waals surface area contributed by atoms with Crippen LogP contribution in [0.1, 0.15) is 40.3 Å². The van der Waals surface area contributed by atoms with E-state index in [2.05, 4.69) is 10.3 Å². The maximum Gasteiger partial charge on any atom is 0.255 e. The number of fused-ring (bicyclic) bond motifs is 1. The molecule has 3 heterocycles. The summed E-state index contributed by atoms with van der Waals surface area (Å²) in [7, 11) is 1.65. The van der Waals surface area contributed by atoms with Gasteiger partial charge in [0.2, 0.25) is 0 Å². The number of amides is 1. The van der Waals surface area contributed by atoms with Crippen molar-refractivity contribution in [2.75, 3.05) is 18.2 Å². The van der Waals surface area contributed by atoms with Crippen molar-refractivity contribution in [2.24, 2.45) is 0 Å². The Hall–Kier alpha value is -4.72. The minimum Gasteiger partial charge on any atom is -0.497 e. The molecular weight excluding hydrogens is 464 g/mol. The fraction of sp³-hybridized carbons (Fsp3) is 0.172. The number of para-hydroxylation sites is 2. The van der Waals surface area contributed by atoms with Crippen LogP contribution in [0.2, 0.25) is 0 Å². The molecule has 0 saturated heterocycles. The molecule has 1 amide bonds. The number of nitrogens with zero attached hydrogens (tertiary/aromatic N) is 4. The van der Waals surface area contributed by atoms with E-state index in [0.717, 1.165) is 52.7 Å². The zero-order valence-corrected chi connectivity index (χ0v) is 20.6. The van der Waals surface area contributed by atoms with Gasteiger partial charge in [-0.25, -0.2) is 15.0 Å². The first-order valence-electron chi connectivity index (χ1n) is 12.1. The molecule has 8 nitrogen and oxygen atoms in total. The van der Waals surface area contributed by atoms with Crippen molar-refractivity contribution in [1.82, 2.24) is 19.4 Å². The van der Waals surface area contributed by atoms with Crippen molar-refractivity contribution in [2.45, 2.75) is 25.2 Å². The smallest absolute Gasteiger partial charge is 0.255 e. The molecule has 5 aromatic rings. The lowest BCUT2D eigenvalue weighted by atomic mass is 9.93. The molecule has 0 unspecified atom stereocenters. The number of hydrogen-bond acceptors (Lipinski definition) is 6. The summed E-state index contributed by atoms with van der Waals surface area (Å²) in [6, 6.07) is 20.6. The zero-order valence-electron chi connectivity index (χ0n) is 20.6. The fourth-order valence-corrected chi connectivity index (χ4v) is 4.81. The number of pyridine rings is 1. The van der Waals surface area contributed by atoms with Crippen molar-refractivity contribution in [3.05, 3.63) is 102 Å². The third-order valence-corrected chi connectivity index (χ3v) is 6.99. The summed E-state index contributed by atoms with van der Waals surface area (Å²) in [6.07, 6.45) is 5.66. The fourth-order valence-electron chi connectivity index (χ4n) is 4.81. The number of methoxy groups -OCH3 is 1. The molecule has 1 saturated carbocycles. The van der Waals surface area contributed by atoms with E-state index >= 15 is 0 Å². The molecule has 0 aliphatic heterocycles. The van der Waals surface area contributed by atoms with Crippen LogP contribution in [0.5, 0.6) is 5.75 Å². The third kappa shape index (κ3) is 3.96. The lowest BCUT2D eigenvalue weighted by Gasteiger charge is -2.16. The first-order chi connectivity index (χ1) is 18.0. The second-order valence-corrected chi connectivity index (χ2v) is 9.31. The molecule has 0 atom stereocenters. The molecule has 3 N–H and O–H groups in total. The van der Waals surface area contributed by atoms with Gasteiger partial charge in [-0.15, -0.1) is 0 Å². The van der Waals surface area contributed by atoms with Crippen molar-refractivity contribution in [1.29, 1.82) is 0 Å². The SMILES string of the molecule is COc1ccn2c(-c3ccnc(C4(c5ccc(C(=O)Nc6ccccc6N)cc5)CC4)n3)c(C)nc2c1. The van der Waals surface area contributed by atoms with E-state index in [4.69, 9.17) is 20.4 Å². The highest BCUT2D eigenvalue weighted by atomic mass is 16.5. The molecule has 0 radical (unpaired) electrons. The number of benzene rings is 2. The van der Waals surface area contributed by atoms with Gasteiger partial charge in [-0.1, -0.05) is 24.3 Å². The number of nitrogens with one attached hydrogen (secondary N) is 1. The number of carbonyl (C=O) groups excluding carboxylic acids is 1. The molecule has 8 heteroatoms. The van der Waals surface area contributed by atoms with E-state index in [1.54, 1.807) is 19.2 Å². The number of imidazole rings is 1. The average molecular weight is 491 g/mol. The normalized spacial score (nSPS) is 13.9. The van der Waals surface area contributed by atoms with Crippen LogP contribution < -0.4 is 15.8 Å². The molecule has 0 bridgehead atoms. The number of nitrogens with two attached hydrogens (primary N) is 1. The summed E-state index contributed by atoms with van der Waals surface area (Å²) < 4.78 is 7.37. The van der Waals surface area contributed by atoms with Gasteiger partial charge in [0.05, 0.1) is 41.0 Å². The van der Waals surface area contributed by atoms with Gasteiger partial charge in [0.1, 0.15) is 17.2 Å². The number of hydrogen-bond donors (Lipinski definition) is 2. The molecule has 2 aromatic carbocycles. The quantitative estimate of drug-likeness (QED) is 0.324. The Labute approximate surface area is 214 Å². The largest absolute Gasteiger partial charge is 0.497 e. The number of anilines is 2. The summed E-state index contributed by atoms with van der Waals surface area (Å²) in [5.41, 5.74) is 11.9. The second kappa shape index (κ2) is 8.74. The second-order valence-electron chi connectivity index (χ2n) is 9.31. The summed E-state index contributed by atoms with van der Waals surface area (Å²) in [5, 5.41) is 2.88. The maximum atomic E-state index is 12.8. The first kappa shape index (κ1) is 22.7. The van der Waals surface area contributed by atoms with E-state index in [0.29, 0.717) is 16.9 Å². The highest BCUT2D eigenvalue weighted by Crippen LogP contribution is 2.52. The van der Waals surface area contributed by atoms with Crippen LogP contribution in [0, 0.1) is 6.92 Å². The monoisotopic (exact) mass is 490 g/mol. The van der Waals surface area contributed by atoms with Gasteiger partial charge in [0.15, 0.2) is 0 Å². The summed E-state index contributed by atoms with van der Waals surface area (Å²) in [6.45, 7) is 1.98. The molecule has 37 heavy (non-hydrogen) atoms. The lowest BCUT2D eigenvalue weighted by Crippen LogP contribution is -2.16. The Balaban J connectivity index is 1.29. The van der Waals surface area contributed by atoms with Crippen LogP contribution in [0.3, 0.4) is 0 Å². The van der Waals surface area contributed by atoms with E-state index in [1.807, 2.05) is 78.3 Å². The standard InChI is InChI=1S/C29H26N6O2/c1-18-26(35-16-12-21(37-2)17-25(35)32-18)24-11-15-31-28(34-24)29(13-14-29)20-9-7-19(8-10-20)27(36)33-23-6-4-3-5-22(23)30/h3-12,15-17H,13-14,30H2,1-2H3,(H,33,36). The predicted octanol–water partition coefficient (Wildman–Crippen LogP) is 5.02. The zero-order chi connectivity index (χ0) is 25.6. The van der Waals surface area contributed by atoms with E-state index in [-0.39, 0.29) is 11.3 Å². The molecule has 3 aromatic heterocycles. The molecule has 0 spiro atoms. The van der Waals surface area contributed by atoms with E-state index in [1.165, 1.54) is 0 Å². The van der Waals surface area contributed by atoms with Gasteiger partial charge in [0.25, 0.3) is 5.91 Å². The Morgan fingerprint density at radius 1 is 1.05 bits per heavy atom. The topological polar surface area (TPSA) is 107 Å². The number of rotatable bonds is 6. The highest BCUT2D eigenvalue weighted by molar-refractivity contribution is 6.05. The van der Waals surface area contributed by atoms with Gasteiger partial charge >= 0.3 is 0 Å². The third-order valence-electron chi connectivity index (χ3n) is 6.99. The van der Waals surface area contributed by atoms with Crippen LogP contribution >= 0.6 is 0 Å². The number of aryl methyl sites for hydroxylation is 1. The Morgan fingerprint density at radius 3 is 2.57 bits per heavy atom. The van der Waals surface area contributed by atoms with Crippen molar-refractivity contribution >= 4 is 22.9 Å². The molecule has 1 aliphatic rings. The molecule has 184 valence electrons. The number of nitrogen functional groups attached to an aromatic ring is 1. The number of ether oxygens (including phenoxy) is 1. The van der Waals surface area contributed by atoms with Gasteiger partial charge in [-0.05, 0) is 61.7 Å². The van der Waals surface area contributed by atoms with E-state index in [9.17, 15) is 4.79 Å². The Bertz CT molecular complexity index is 1640. The Kier molecular flexibility index (Phi) is 5.37. The van der Waals surface area contributed by atoms with Crippen molar-refractivity contribution in [3.8, 4) is 17.1 Å². The van der Waals surface area contributed by atoms with Crippen LogP contribution in [0.4, 0.5) is 11.4 Å². The maximum absolute atomic E-state index is 12.8. The van der Waals surface area contributed by atoms with E-state index < -0.39 is 0 Å². The molecular formula is C29H26N6O2. The summed E-state index contributed by atoms with van der Waals surface area (Å²) in [4.78, 5) is 27.1. The summed E-state index contributed by atoms with van der Waals surface area (Å²) in [5.74, 6) is 1.34. The van der Waals surface area contributed by atoms with Gasteiger partial charge < -0.3 is 15.8 Å². The van der Waals surface area contributed by atoms with Crippen molar-refractivity contribution < 1.29 is 9.53 Å². The lowest BCUT2D eigenvalue weighted by molar-refractivity contribution is 0.102. The number of aromatic nitrogens is 4. The van der Waals surface area contributed by atoms with Crippen LogP contribution in [0.15, 0.2) is 79.1 Å². The van der Waals surface area contributed by atoms with Gasteiger partial charge in [-0.3, -0.25) is 9.20 Å². The Morgan fingerprint density at radius 2 is 1.84 bits per heavy atom. The van der Waals surface area contributed by atoms with Gasteiger partial charge in [0, 0.05) is 24.0 Å². The molecule has 1 fully saturated rings. The minimum atomic E-state index is -0.257. The van der Waals surface area contributed by atoms with Gasteiger partial charge in [-0.2, -0.15) is 0 Å². The minimum absolute atomic E-state index is 0.202. The predicted molar refractivity (Wildman–Crippen MR) is 143 cm³/mol. The molecule has 6 rings (SSSR count). The summed E-state index contributed by atoms with van der Waals surface area (Å²) >= 11 is 0. The number of carbonyl (C=O) groups is 1. The van der Waals surface area contributed by atoms with Crippen LogP contribution in [0.25, 0.3) is 17.0 Å². The van der Waals surface area contributed by atoms with Crippen molar-refractivity contribution in [3.63, 3.8) is 0 Å². The molecule has 1 aliphatic carbocycles. The first-order valence-corrected chi connectivity index (χ1v) is 12.1. The van der Waals surface area contributed by atoms with Crippen LogP contribution in [-0.4, -0.2) is 32.4 Å². The highest BCUT2D eigenvalue weighted by Gasteiger charge is 2.48.